The number of para-hydroxylation sites is 1. The van der Waals surface area contributed by atoms with Crippen molar-refractivity contribution in [2.75, 3.05) is 7.05 Å². The summed E-state index contributed by atoms with van der Waals surface area (Å²) in [5.41, 5.74) is 2.41. The van der Waals surface area contributed by atoms with Gasteiger partial charge in [0.2, 0.25) is 0 Å². The Hall–Kier alpha value is -3.21. The highest BCUT2D eigenvalue weighted by molar-refractivity contribution is 5.97. The van der Waals surface area contributed by atoms with E-state index in [4.69, 9.17) is 4.74 Å². The van der Waals surface area contributed by atoms with Crippen molar-refractivity contribution in [1.82, 2.24) is 14.9 Å². The topological polar surface area (TPSA) is 55.3 Å². The Morgan fingerprint density at radius 3 is 2.17 bits per heavy atom. The second kappa shape index (κ2) is 9.53. The highest BCUT2D eigenvalue weighted by Crippen LogP contribution is 2.31. The molecule has 0 aliphatic heterocycles. The van der Waals surface area contributed by atoms with Crippen molar-refractivity contribution < 1.29 is 9.53 Å². The number of amides is 1. The fraction of sp³-hybridized carbons (Fsp3) is 0.320. The van der Waals surface area contributed by atoms with Crippen LogP contribution < -0.4 is 4.74 Å². The van der Waals surface area contributed by atoms with Crippen LogP contribution in [0.1, 0.15) is 59.7 Å². The van der Waals surface area contributed by atoms with Crippen LogP contribution in [0.2, 0.25) is 0 Å². The molecule has 2 aromatic heterocycles. The molecule has 2 heterocycles. The van der Waals surface area contributed by atoms with E-state index in [2.05, 4.69) is 9.97 Å². The molecule has 4 rings (SSSR count). The Morgan fingerprint density at radius 2 is 1.57 bits per heavy atom. The van der Waals surface area contributed by atoms with Gasteiger partial charge in [0.1, 0.15) is 5.75 Å². The molecule has 0 N–H and O–H groups in total. The van der Waals surface area contributed by atoms with E-state index in [1.807, 2.05) is 60.5 Å². The van der Waals surface area contributed by atoms with E-state index in [-0.39, 0.29) is 5.91 Å². The van der Waals surface area contributed by atoms with Crippen LogP contribution in [0.4, 0.5) is 0 Å². The maximum atomic E-state index is 13.3. The van der Waals surface area contributed by atoms with Gasteiger partial charge in [-0.05, 0) is 37.1 Å². The summed E-state index contributed by atoms with van der Waals surface area (Å²) < 4.78 is 6.45. The summed E-state index contributed by atoms with van der Waals surface area (Å²) in [7, 11) is 1.91. The molecule has 30 heavy (non-hydrogen) atoms. The number of aromatic nitrogens is 2. The summed E-state index contributed by atoms with van der Waals surface area (Å²) in [4.78, 5) is 23.7. The number of rotatable bonds is 6. The molecule has 3 aromatic rings. The highest BCUT2D eigenvalue weighted by Gasteiger charge is 2.26. The van der Waals surface area contributed by atoms with Crippen molar-refractivity contribution in [3.05, 3.63) is 90.0 Å². The standard InChI is InChI=1S/C25H27N3O2/c1-28(21-11-3-2-4-12-21)25(29)22-13-5-6-14-23(22)30-24(19-9-7-15-26-17-19)20-10-8-16-27-18-20/h5-10,13-18,21,24H,2-4,11-12H2,1H3. The number of hydrogen-bond donors (Lipinski definition) is 0. The van der Waals surface area contributed by atoms with Crippen LogP contribution in [0.15, 0.2) is 73.3 Å². The third-order valence-corrected chi connectivity index (χ3v) is 5.78. The lowest BCUT2D eigenvalue weighted by atomic mass is 9.94. The largest absolute Gasteiger partial charge is 0.480 e. The van der Waals surface area contributed by atoms with Crippen LogP contribution in [0.3, 0.4) is 0 Å². The van der Waals surface area contributed by atoms with Gasteiger partial charge in [-0.1, -0.05) is 43.5 Å². The van der Waals surface area contributed by atoms with Gasteiger partial charge in [0.05, 0.1) is 5.56 Å². The van der Waals surface area contributed by atoms with Crippen LogP contribution in [0, 0.1) is 0 Å². The average molecular weight is 402 g/mol. The summed E-state index contributed by atoms with van der Waals surface area (Å²) in [6, 6.07) is 15.5. The SMILES string of the molecule is CN(C(=O)c1ccccc1OC(c1cccnc1)c1cccnc1)C1CCCCC1. The van der Waals surface area contributed by atoms with Gasteiger partial charge in [-0.15, -0.1) is 0 Å². The van der Waals surface area contributed by atoms with E-state index in [1.54, 1.807) is 24.8 Å². The number of ether oxygens (including phenoxy) is 1. The molecule has 0 unspecified atom stereocenters. The Morgan fingerprint density at radius 1 is 0.933 bits per heavy atom. The first-order valence-electron chi connectivity index (χ1n) is 10.6. The van der Waals surface area contributed by atoms with E-state index in [0.717, 1.165) is 24.0 Å². The minimum absolute atomic E-state index is 0.00798. The van der Waals surface area contributed by atoms with Crippen LogP contribution in [-0.4, -0.2) is 33.9 Å². The van der Waals surface area contributed by atoms with E-state index in [1.165, 1.54) is 19.3 Å². The van der Waals surface area contributed by atoms with Gasteiger partial charge >= 0.3 is 0 Å². The maximum absolute atomic E-state index is 13.3. The maximum Gasteiger partial charge on any atom is 0.257 e. The summed E-state index contributed by atoms with van der Waals surface area (Å²) in [6.45, 7) is 0. The molecule has 154 valence electrons. The first kappa shape index (κ1) is 20.1. The summed E-state index contributed by atoms with van der Waals surface area (Å²) in [5, 5.41) is 0. The quantitative estimate of drug-likeness (QED) is 0.580. The monoisotopic (exact) mass is 401 g/mol. The smallest absolute Gasteiger partial charge is 0.257 e. The lowest BCUT2D eigenvalue weighted by Gasteiger charge is -2.32. The van der Waals surface area contributed by atoms with Gasteiger partial charge in [0, 0.05) is 49.0 Å². The van der Waals surface area contributed by atoms with Crippen LogP contribution >= 0.6 is 0 Å². The minimum atomic E-state index is -0.402. The summed E-state index contributed by atoms with van der Waals surface area (Å²) >= 11 is 0. The third-order valence-electron chi connectivity index (χ3n) is 5.78. The molecule has 5 nitrogen and oxygen atoms in total. The molecule has 0 bridgehead atoms. The lowest BCUT2D eigenvalue weighted by molar-refractivity contribution is 0.0690. The molecule has 0 saturated heterocycles. The molecule has 0 radical (unpaired) electrons. The van der Waals surface area contributed by atoms with Crippen LogP contribution in [0.5, 0.6) is 5.75 Å². The summed E-state index contributed by atoms with van der Waals surface area (Å²) in [6.07, 6.45) is 12.4. The number of pyridine rings is 2. The van der Waals surface area contributed by atoms with Crippen molar-refractivity contribution >= 4 is 5.91 Å². The summed E-state index contributed by atoms with van der Waals surface area (Å²) in [5.74, 6) is 0.580. The second-order valence-electron chi connectivity index (χ2n) is 7.77. The molecule has 1 saturated carbocycles. The predicted molar refractivity (Wildman–Crippen MR) is 116 cm³/mol. The average Bonchev–Trinajstić information content (AvgIpc) is 2.83. The molecule has 1 amide bonds. The van der Waals surface area contributed by atoms with Gasteiger partial charge < -0.3 is 9.64 Å². The second-order valence-corrected chi connectivity index (χ2v) is 7.77. The Bertz CT molecular complexity index is 917. The zero-order chi connectivity index (χ0) is 20.8. The molecule has 1 fully saturated rings. The number of benzene rings is 1. The highest BCUT2D eigenvalue weighted by atomic mass is 16.5. The van der Waals surface area contributed by atoms with Crippen molar-refractivity contribution in [3.63, 3.8) is 0 Å². The van der Waals surface area contributed by atoms with Gasteiger partial charge in [-0.25, -0.2) is 0 Å². The van der Waals surface area contributed by atoms with Crippen LogP contribution in [0.25, 0.3) is 0 Å². The fourth-order valence-electron chi connectivity index (χ4n) is 4.09. The normalized spacial score (nSPS) is 14.5. The molecule has 0 atom stereocenters. The van der Waals surface area contributed by atoms with Crippen molar-refractivity contribution in [1.29, 1.82) is 0 Å². The zero-order valence-corrected chi connectivity index (χ0v) is 17.3. The first-order chi connectivity index (χ1) is 14.7. The molecule has 0 spiro atoms. The molecule has 1 aliphatic rings. The predicted octanol–water partition coefficient (Wildman–Crippen LogP) is 5.05. The molecule has 5 heteroatoms. The van der Waals surface area contributed by atoms with Crippen LogP contribution in [-0.2, 0) is 0 Å². The van der Waals surface area contributed by atoms with Crippen molar-refractivity contribution in [2.45, 2.75) is 44.2 Å². The molecular formula is C25H27N3O2. The zero-order valence-electron chi connectivity index (χ0n) is 17.3. The number of carbonyl (C=O) groups is 1. The number of carbonyl (C=O) groups excluding carboxylic acids is 1. The lowest BCUT2D eigenvalue weighted by Crippen LogP contribution is -2.38. The van der Waals surface area contributed by atoms with Gasteiger partial charge in [0.25, 0.3) is 5.91 Å². The van der Waals surface area contributed by atoms with E-state index in [0.29, 0.717) is 17.4 Å². The van der Waals surface area contributed by atoms with Gasteiger partial charge in [-0.3, -0.25) is 14.8 Å². The minimum Gasteiger partial charge on any atom is -0.480 e. The Balaban J connectivity index is 1.64. The third kappa shape index (κ3) is 4.51. The number of hydrogen-bond acceptors (Lipinski definition) is 4. The van der Waals surface area contributed by atoms with E-state index in [9.17, 15) is 4.79 Å². The van der Waals surface area contributed by atoms with Crippen molar-refractivity contribution in [3.8, 4) is 5.75 Å². The van der Waals surface area contributed by atoms with E-state index < -0.39 is 6.10 Å². The van der Waals surface area contributed by atoms with Gasteiger partial charge in [0.15, 0.2) is 6.10 Å². The molecule has 1 aromatic carbocycles. The van der Waals surface area contributed by atoms with Gasteiger partial charge in [-0.2, -0.15) is 0 Å². The Kier molecular flexibility index (Phi) is 6.38. The fourth-order valence-corrected chi connectivity index (χ4v) is 4.09. The Labute approximate surface area is 177 Å². The number of nitrogens with zero attached hydrogens (tertiary/aromatic N) is 3. The molecule has 1 aliphatic carbocycles. The molecular weight excluding hydrogens is 374 g/mol. The van der Waals surface area contributed by atoms with Crippen molar-refractivity contribution in [2.24, 2.45) is 0 Å². The first-order valence-corrected chi connectivity index (χ1v) is 10.6. The van der Waals surface area contributed by atoms with E-state index >= 15 is 0 Å².